The number of primary amides is 1. The van der Waals surface area contributed by atoms with Crippen LogP contribution in [0, 0.1) is 0 Å². The zero-order chi connectivity index (χ0) is 18.4. The smallest absolute Gasteiger partial charge is 0.255 e. The van der Waals surface area contributed by atoms with Crippen LogP contribution in [0.2, 0.25) is 0 Å². The van der Waals surface area contributed by atoms with Crippen LogP contribution in [0.3, 0.4) is 0 Å². The van der Waals surface area contributed by atoms with Crippen molar-refractivity contribution in [1.82, 2.24) is 9.88 Å². The van der Waals surface area contributed by atoms with E-state index >= 15 is 0 Å². The summed E-state index contributed by atoms with van der Waals surface area (Å²) in [5.74, 6) is -0.00743. The van der Waals surface area contributed by atoms with Crippen molar-refractivity contribution in [2.24, 2.45) is 5.73 Å². The lowest BCUT2D eigenvalue weighted by Crippen LogP contribution is -2.34. The molecule has 0 unspecified atom stereocenters. The lowest BCUT2D eigenvalue weighted by molar-refractivity contribution is -0.119. The number of nitrogens with zero attached hydrogens (tertiary/aromatic N) is 2. The topological polar surface area (TPSA) is 85.5 Å². The van der Waals surface area contributed by atoms with Crippen molar-refractivity contribution in [3.8, 4) is 5.75 Å². The van der Waals surface area contributed by atoms with Crippen molar-refractivity contribution in [3.05, 3.63) is 59.9 Å². The van der Waals surface area contributed by atoms with E-state index < -0.39 is 5.91 Å². The summed E-state index contributed by atoms with van der Waals surface area (Å²) in [6.45, 7) is 0.565. The fraction of sp³-hybridized carbons (Fsp3) is 0.350. The average molecular weight is 353 g/mol. The van der Waals surface area contributed by atoms with Crippen molar-refractivity contribution in [2.75, 3.05) is 13.2 Å². The molecule has 3 rings (SSSR count). The SMILES string of the molecule is NC(=O)COc1ccc(C(=O)N2CCCCC[C@H]2c2ccncc2)cc1. The van der Waals surface area contributed by atoms with E-state index in [1.54, 1.807) is 36.7 Å². The molecule has 0 radical (unpaired) electrons. The normalized spacial score (nSPS) is 17.4. The van der Waals surface area contributed by atoms with Crippen molar-refractivity contribution in [2.45, 2.75) is 31.7 Å². The summed E-state index contributed by atoms with van der Waals surface area (Å²) in [5.41, 5.74) is 6.80. The number of carbonyl (C=O) groups is 2. The molecule has 2 aromatic rings. The molecule has 136 valence electrons. The number of carbonyl (C=O) groups excluding carboxylic acids is 2. The number of likely N-dealkylation sites (tertiary alicyclic amines) is 1. The molecule has 0 saturated carbocycles. The molecule has 2 N–H and O–H groups in total. The molecule has 2 heterocycles. The second-order valence-corrected chi connectivity index (χ2v) is 6.42. The number of ether oxygens (including phenoxy) is 1. The number of rotatable bonds is 5. The first-order valence-corrected chi connectivity index (χ1v) is 8.87. The molecule has 1 aliphatic heterocycles. The summed E-state index contributed by atoms with van der Waals surface area (Å²) in [7, 11) is 0. The van der Waals surface area contributed by atoms with Gasteiger partial charge in [0.05, 0.1) is 6.04 Å². The van der Waals surface area contributed by atoms with Crippen LogP contribution in [0.5, 0.6) is 5.75 Å². The van der Waals surface area contributed by atoms with Crippen LogP contribution < -0.4 is 10.5 Å². The molecular formula is C20H23N3O3. The number of benzene rings is 1. The summed E-state index contributed by atoms with van der Waals surface area (Å²) < 4.78 is 5.25. The molecular weight excluding hydrogens is 330 g/mol. The second-order valence-electron chi connectivity index (χ2n) is 6.42. The third-order valence-corrected chi connectivity index (χ3v) is 4.59. The van der Waals surface area contributed by atoms with Crippen molar-refractivity contribution < 1.29 is 14.3 Å². The van der Waals surface area contributed by atoms with E-state index in [9.17, 15) is 9.59 Å². The summed E-state index contributed by atoms with van der Waals surface area (Å²) >= 11 is 0. The van der Waals surface area contributed by atoms with Gasteiger partial charge in [-0.3, -0.25) is 14.6 Å². The number of hydrogen-bond acceptors (Lipinski definition) is 4. The largest absolute Gasteiger partial charge is 0.484 e. The Morgan fingerprint density at radius 2 is 1.81 bits per heavy atom. The van der Waals surface area contributed by atoms with Crippen molar-refractivity contribution >= 4 is 11.8 Å². The molecule has 1 atom stereocenters. The summed E-state index contributed by atoms with van der Waals surface area (Å²) in [5, 5.41) is 0. The minimum Gasteiger partial charge on any atom is -0.484 e. The molecule has 0 spiro atoms. The lowest BCUT2D eigenvalue weighted by atomic mass is 10.0. The quantitative estimate of drug-likeness (QED) is 0.895. The van der Waals surface area contributed by atoms with Crippen LogP contribution in [0.1, 0.15) is 47.6 Å². The van der Waals surface area contributed by atoms with E-state index in [4.69, 9.17) is 10.5 Å². The van der Waals surface area contributed by atoms with Crippen LogP contribution in [0.15, 0.2) is 48.8 Å². The molecule has 1 saturated heterocycles. The average Bonchev–Trinajstić information content (AvgIpc) is 2.93. The van der Waals surface area contributed by atoms with E-state index in [-0.39, 0.29) is 18.6 Å². The number of hydrogen-bond donors (Lipinski definition) is 1. The summed E-state index contributed by atoms with van der Waals surface area (Å²) in [6.07, 6.45) is 7.74. The lowest BCUT2D eigenvalue weighted by Gasteiger charge is -2.30. The number of nitrogens with two attached hydrogens (primary N) is 1. The van der Waals surface area contributed by atoms with Gasteiger partial charge < -0.3 is 15.4 Å². The van der Waals surface area contributed by atoms with Crippen LogP contribution in [-0.2, 0) is 4.79 Å². The zero-order valence-electron chi connectivity index (χ0n) is 14.6. The molecule has 1 aromatic carbocycles. The fourth-order valence-electron chi connectivity index (χ4n) is 3.30. The number of pyridine rings is 1. The Labute approximate surface area is 153 Å². The molecule has 1 fully saturated rings. The van der Waals surface area contributed by atoms with Gasteiger partial charge in [0.1, 0.15) is 5.75 Å². The first-order valence-electron chi connectivity index (χ1n) is 8.87. The maximum atomic E-state index is 13.1. The Hall–Kier alpha value is -2.89. The van der Waals surface area contributed by atoms with Gasteiger partial charge in [-0.15, -0.1) is 0 Å². The maximum Gasteiger partial charge on any atom is 0.255 e. The highest BCUT2D eigenvalue weighted by atomic mass is 16.5. The predicted octanol–water partition coefficient (Wildman–Crippen LogP) is 2.70. The molecule has 6 nitrogen and oxygen atoms in total. The minimum absolute atomic E-state index is 0.00941. The molecule has 26 heavy (non-hydrogen) atoms. The molecule has 0 aliphatic carbocycles. The fourth-order valence-corrected chi connectivity index (χ4v) is 3.30. The van der Waals surface area contributed by atoms with E-state index in [2.05, 4.69) is 4.98 Å². The van der Waals surface area contributed by atoms with Crippen LogP contribution >= 0.6 is 0 Å². The van der Waals surface area contributed by atoms with Gasteiger partial charge in [-0.25, -0.2) is 0 Å². The zero-order valence-corrected chi connectivity index (χ0v) is 14.6. The standard InChI is InChI=1S/C20H23N3O3/c21-19(24)14-26-17-7-5-16(6-8-17)20(25)23-13-3-1-2-4-18(23)15-9-11-22-12-10-15/h5-12,18H,1-4,13-14H2,(H2,21,24)/t18-/m0/s1. The molecule has 1 aliphatic rings. The Morgan fingerprint density at radius 3 is 2.50 bits per heavy atom. The van der Waals surface area contributed by atoms with E-state index in [0.717, 1.165) is 37.8 Å². The van der Waals surface area contributed by atoms with E-state index in [0.29, 0.717) is 11.3 Å². The van der Waals surface area contributed by atoms with Gasteiger partial charge in [0.2, 0.25) is 0 Å². The monoisotopic (exact) mass is 353 g/mol. The van der Waals surface area contributed by atoms with Crippen molar-refractivity contribution in [1.29, 1.82) is 0 Å². The van der Waals surface area contributed by atoms with Gasteiger partial charge >= 0.3 is 0 Å². The summed E-state index contributed by atoms with van der Waals surface area (Å²) in [6, 6.07) is 10.9. The highest BCUT2D eigenvalue weighted by molar-refractivity contribution is 5.94. The minimum atomic E-state index is -0.532. The third kappa shape index (κ3) is 4.39. The molecule has 6 heteroatoms. The van der Waals surface area contributed by atoms with Gasteiger partial charge in [-0.2, -0.15) is 0 Å². The number of aromatic nitrogens is 1. The van der Waals surface area contributed by atoms with Gasteiger partial charge in [0.15, 0.2) is 6.61 Å². The highest BCUT2D eigenvalue weighted by Gasteiger charge is 2.27. The van der Waals surface area contributed by atoms with Gasteiger partial charge in [-0.05, 0) is 54.8 Å². The number of amides is 2. The first-order chi connectivity index (χ1) is 12.6. The highest BCUT2D eigenvalue weighted by Crippen LogP contribution is 2.31. The molecule has 0 bridgehead atoms. The summed E-state index contributed by atoms with van der Waals surface area (Å²) in [4.78, 5) is 29.9. The predicted molar refractivity (Wildman–Crippen MR) is 97.6 cm³/mol. The Kier molecular flexibility index (Phi) is 5.84. The third-order valence-electron chi connectivity index (χ3n) is 4.59. The van der Waals surface area contributed by atoms with Crippen molar-refractivity contribution in [3.63, 3.8) is 0 Å². The van der Waals surface area contributed by atoms with Gasteiger partial charge in [-0.1, -0.05) is 12.8 Å². The van der Waals surface area contributed by atoms with E-state index in [1.165, 1.54) is 0 Å². The molecule has 2 amide bonds. The van der Waals surface area contributed by atoms with Crippen LogP contribution in [0.4, 0.5) is 0 Å². The van der Waals surface area contributed by atoms with Crippen LogP contribution in [0.25, 0.3) is 0 Å². The first kappa shape index (κ1) is 17.9. The Balaban J connectivity index is 1.78. The Bertz CT molecular complexity index is 747. The van der Waals surface area contributed by atoms with Gasteiger partial charge in [0, 0.05) is 24.5 Å². The molecule has 1 aromatic heterocycles. The van der Waals surface area contributed by atoms with E-state index in [1.807, 2.05) is 17.0 Å². The van der Waals surface area contributed by atoms with Crippen LogP contribution in [-0.4, -0.2) is 34.8 Å². The maximum absolute atomic E-state index is 13.1. The second kappa shape index (κ2) is 8.47. The van der Waals surface area contributed by atoms with Gasteiger partial charge in [0.25, 0.3) is 11.8 Å². The Morgan fingerprint density at radius 1 is 1.08 bits per heavy atom.